The second-order valence-electron chi connectivity index (χ2n) is 7.62. The van der Waals surface area contributed by atoms with E-state index in [9.17, 15) is 13.2 Å². The van der Waals surface area contributed by atoms with Gasteiger partial charge in [-0.3, -0.25) is 4.79 Å². The van der Waals surface area contributed by atoms with E-state index in [0.29, 0.717) is 17.3 Å². The molecule has 0 saturated heterocycles. The number of carbonyl (C=O) groups is 1. The number of sulfonamides is 1. The average Bonchev–Trinajstić information content (AvgIpc) is 3.09. The lowest BCUT2D eigenvalue weighted by molar-refractivity contribution is -0.115. The predicted molar refractivity (Wildman–Crippen MR) is 111 cm³/mol. The third-order valence-electron chi connectivity index (χ3n) is 3.78. The highest BCUT2D eigenvalue weighted by Crippen LogP contribution is 2.20. The number of aromatic nitrogens is 1. The van der Waals surface area contributed by atoms with E-state index < -0.39 is 15.6 Å². The highest BCUT2D eigenvalue weighted by Gasteiger charge is 2.22. The first-order chi connectivity index (χ1) is 13.6. The molecule has 0 spiro atoms. The largest absolute Gasteiger partial charge is 0.444 e. The van der Waals surface area contributed by atoms with Crippen LogP contribution in [0.2, 0.25) is 0 Å². The van der Waals surface area contributed by atoms with Crippen LogP contribution in [-0.2, 0) is 21.2 Å². The lowest BCUT2D eigenvalue weighted by Crippen LogP contribution is -2.40. The van der Waals surface area contributed by atoms with E-state index in [4.69, 9.17) is 4.42 Å². The number of anilines is 1. The Morgan fingerprint density at radius 3 is 2.48 bits per heavy atom. The van der Waals surface area contributed by atoms with Crippen LogP contribution in [0.25, 0.3) is 11.5 Å². The van der Waals surface area contributed by atoms with Gasteiger partial charge in [0.05, 0.1) is 17.0 Å². The SMILES string of the molecule is CC(C)(C)NS(=O)(=O)c1cccc(NC(=O)Cc2coc(-c3ccccc3)n2)c1. The van der Waals surface area contributed by atoms with E-state index in [1.54, 1.807) is 32.9 Å². The maximum absolute atomic E-state index is 12.5. The first-order valence-electron chi connectivity index (χ1n) is 9.06. The molecule has 152 valence electrons. The van der Waals surface area contributed by atoms with Gasteiger partial charge in [0.1, 0.15) is 6.26 Å². The molecule has 0 aliphatic heterocycles. The van der Waals surface area contributed by atoms with Gasteiger partial charge in [-0.1, -0.05) is 24.3 Å². The van der Waals surface area contributed by atoms with Gasteiger partial charge in [0.15, 0.2) is 0 Å². The Morgan fingerprint density at radius 1 is 1.07 bits per heavy atom. The molecule has 29 heavy (non-hydrogen) atoms. The molecule has 2 N–H and O–H groups in total. The number of amides is 1. The Morgan fingerprint density at radius 2 is 1.79 bits per heavy atom. The quantitative estimate of drug-likeness (QED) is 0.643. The third kappa shape index (κ3) is 5.75. The molecule has 3 rings (SSSR count). The molecule has 0 atom stereocenters. The number of nitrogens with one attached hydrogen (secondary N) is 2. The molecule has 8 heteroatoms. The molecule has 1 amide bonds. The lowest BCUT2D eigenvalue weighted by Gasteiger charge is -2.20. The van der Waals surface area contributed by atoms with Crippen molar-refractivity contribution in [2.75, 3.05) is 5.32 Å². The fourth-order valence-electron chi connectivity index (χ4n) is 2.67. The van der Waals surface area contributed by atoms with Crippen LogP contribution in [0.1, 0.15) is 26.5 Å². The summed E-state index contributed by atoms with van der Waals surface area (Å²) < 4.78 is 33.0. The van der Waals surface area contributed by atoms with Crippen molar-refractivity contribution >= 4 is 21.6 Å². The fraction of sp³-hybridized carbons (Fsp3) is 0.238. The van der Waals surface area contributed by atoms with Crippen molar-refractivity contribution in [2.45, 2.75) is 37.6 Å². The van der Waals surface area contributed by atoms with E-state index in [1.807, 2.05) is 30.3 Å². The van der Waals surface area contributed by atoms with E-state index in [1.165, 1.54) is 18.4 Å². The third-order valence-corrected chi connectivity index (χ3v) is 5.54. The molecular formula is C21H23N3O4S. The molecule has 0 unspecified atom stereocenters. The minimum atomic E-state index is -3.69. The number of hydrogen-bond donors (Lipinski definition) is 2. The zero-order valence-corrected chi connectivity index (χ0v) is 17.3. The molecule has 0 bridgehead atoms. The van der Waals surface area contributed by atoms with Crippen LogP contribution in [0, 0.1) is 0 Å². The second kappa shape index (κ2) is 8.18. The van der Waals surface area contributed by atoms with E-state index >= 15 is 0 Å². The minimum Gasteiger partial charge on any atom is -0.444 e. The summed E-state index contributed by atoms with van der Waals surface area (Å²) in [5.41, 5.74) is 1.09. The smallest absolute Gasteiger partial charge is 0.241 e. The predicted octanol–water partition coefficient (Wildman–Crippen LogP) is 3.60. The first-order valence-corrected chi connectivity index (χ1v) is 10.5. The number of oxazole rings is 1. The van der Waals surface area contributed by atoms with Gasteiger partial charge < -0.3 is 9.73 Å². The second-order valence-corrected chi connectivity index (χ2v) is 9.30. The summed E-state index contributed by atoms with van der Waals surface area (Å²) in [6.07, 6.45) is 1.45. The van der Waals surface area contributed by atoms with Crippen molar-refractivity contribution < 1.29 is 17.6 Å². The van der Waals surface area contributed by atoms with Gasteiger partial charge in [0.2, 0.25) is 21.8 Å². The monoisotopic (exact) mass is 413 g/mol. The highest BCUT2D eigenvalue weighted by atomic mass is 32.2. The van der Waals surface area contributed by atoms with Gasteiger partial charge >= 0.3 is 0 Å². The fourth-order valence-corrected chi connectivity index (χ4v) is 4.14. The van der Waals surface area contributed by atoms with Crippen molar-refractivity contribution in [1.29, 1.82) is 0 Å². The van der Waals surface area contributed by atoms with Crippen molar-refractivity contribution in [3.05, 3.63) is 66.6 Å². The van der Waals surface area contributed by atoms with E-state index in [0.717, 1.165) is 5.56 Å². The summed E-state index contributed by atoms with van der Waals surface area (Å²) in [5, 5.41) is 2.70. The average molecular weight is 413 g/mol. The zero-order valence-electron chi connectivity index (χ0n) is 16.5. The molecule has 2 aromatic carbocycles. The van der Waals surface area contributed by atoms with Gasteiger partial charge in [0, 0.05) is 16.8 Å². The normalized spacial score (nSPS) is 12.0. The van der Waals surface area contributed by atoms with Crippen LogP contribution in [0.4, 0.5) is 5.69 Å². The summed E-state index contributed by atoms with van der Waals surface area (Å²) in [6, 6.07) is 15.5. The maximum atomic E-state index is 12.5. The van der Waals surface area contributed by atoms with Crippen molar-refractivity contribution in [1.82, 2.24) is 9.71 Å². The Bertz CT molecular complexity index is 1100. The van der Waals surface area contributed by atoms with Gasteiger partial charge in [-0.25, -0.2) is 18.1 Å². The number of hydrogen-bond acceptors (Lipinski definition) is 5. The maximum Gasteiger partial charge on any atom is 0.241 e. The molecule has 0 radical (unpaired) electrons. The Hall–Kier alpha value is -2.97. The summed E-state index contributed by atoms with van der Waals surface area (Å²) in [5.74, 6) is 0.117. The van der Waals surface area contributed by atoms with Crippen LogP contribution in [0.15, 0.2) is 70.2 Å². The molecule has 0 fully saturated rings. The van der Waals surface area contributed by atoms with Crippen LogP contribution in [0.3, 0.4) is 0 Å². The van der Waals surface area contributed by atoms with Crippen LogP contribution in [-0.4, -0.2) is 24.8 Å². The highest BCUT2D eigenvalue weighted by molar-refractivity contribution is 7.89. The van der Waals surface area contributed by atoms with Crippen molar-refractivity contribution in [2.24, 2.45) is 0 Å². The van der Waals surface area contributed by atoms with E-state index in [2.05, 4.69) is 15.0 Å². The topological polar surface area (TPSA) is 101 Å². The van der Waals surface area contributed by atoms with Crippen LogP contribution < -0.4 is 10.0 Å². The summed E-state index contributed by atoms with van der Waals surface area (Å²) >= 11 is 0. The molecule has 0 aliphatic carbocycles. The number of benzene rings is 2. The summed E-state index contributed by atoms with van der Waals surface area (Å²) in [6.45, 7) is 5.29. The Labute approximate surface area is 170 Å². The van der Waals surface area contributed by atoms with Gasteiger partial charge in [-0.05, 0) is 51.1 Å². The van der Waals surface area contributed by atoms with Crippen LogP contribution in [0.5, 0.6) is 0 Å². The van der Waals surface area contributed by atoms with Crippen LogP contribution >= 0.6 is 0 Å². The standard InChI is InChI=1S/C21H23N3O4S/c1-21(2,3)24-29(26,27)18-11-7-10-16(12-18)22-19(25)13-17-14-28-20(23-17)15-8-5-4-6-9-15/h4-12,14,24H,13H2,1-3H3,(H,22,25). The Balaban J connectivity index is 1.68. The van der Waals surface area contributed by atoms with Crippen molar-refractivity contribution in [3.8, 4) is 11.5 Å². The van der Waals surface area contributed by atoms with Gasteiger partial charge in [-0.15, -0.1) is 0 Å². The number of rotatable bonds is 6. The zero-order chi connectivity index (χ0) is 21.1. The van der Waals surface area contributed by atoms with Gasteiger partial charge in [0.25, 0.3) is 0 Å². The summed E-state index contributed by atoms with van der Waals surface area (Å²) in [4.78, 5) is 16.8. The number of carbonyl (C=O) groups excluding carboxylic acids is 1. The summed E-state index contributed by atoms with van der Waals surface area (Å²) in [7, 11) is -3.69. The van der Waals surface area contributed by atoms with Crippen molar-refractivity contribution in [3.63, 3.8) is 0 Å². The Kier molecular flexibility index (Phi) is 5.86. The first kappa shape index (κ1) is 20.8. The lowest BCUT2D eigenvalue weighted by atomic mass is 10.1. The molecule has 3 aromatic rings. The van der Waals surface area contributed by atoms with Gasteiger partial charge in [-0.2, -0.15) is 0 Å². The molecule has 0 saturated carbocycles. The van der Waals surface area contributed by atoms with E-state index in [-0.39, 0.29) is 17.2 Å². The number of nitrogens with zero attached hydrogens (tertiary/aromatic N) is 1. The minimum absolute atomic E-state index is 0.00749. The molecule has 1 aromatic heterocycles. The molecule has 1 heterocycles. The molecule has 0 aliphatic rings. The molecular weight excluding hydrogens is 390 g/mol. The molecule has 7 nitrogen and oxygen atoms in total.